The molecule has 0 radical (unpaired) electrons. The van der Waals surface area contributed by atoms with Crippen molar-refractivity contribution in [1.82, 2.24) is 0 Å². The van der Waals surface area contributed by atoms with Crippen LogP contribution in [0.3, 0.4) is 0 Å². The normalized spacial score (nSPS) is 16.8. The number of nitro benzene ring substituents is 1. The third-order valence-corrected chi connectivity index (χ3v) is 2.94. The minimum Gasteiger partial charge on any atom is -0.381 e. The molecule has 0 atom stereocenters. The molecule has 0 spiro atoms. The predicted molar refractivity (Wildman–Crippen MR) is 63.6 cm³/mol. The zero-order valence-corrected chi connectivity index (χ0v) is 9.41. The summed E-state index contributed by atoms with van der Waals surface area (Å²) in [4.78, 5) is 10.1. The van der Waals surface area contributed by atoms with Gasteiger partial charge in [-0.25, -0.2) is 5.84 Å². The van der Waals surface area contributed by atoms with Crippen LogP contribution in [0.2, 0.25) is 0 Å². The van der Waals surface area contributed by atoms with Gasteiger partial charge < -0.3 is 9.75 Å². The van der Waals surface area contributed by atoms with Crippen molar-refractivity contribution in [2.24, 2.45) is 5.84 Å². The lowest BCUT2D eigenvalue weighted by Crippen LogP contribution is -2.44. The summed E-state index contributed by atoms with van der Waals surface area (Å²) < 4.78 is 5.26. The lowest BCUT2D eigenvalue weighted by atomic mass is 10.1. The molecule has 0 bridgehead atoms. The third kappa shape index (κ3) is 2.72. The molecule has 0 unspecified atom stereocenters. The van der Waals surface area contributed by atoms with Crippen LogP contribution in [0.25, 0.3) is 0 Å². The van der Waals surface area contributed by atoms with E-state index in [1.807, 2.05) is 0 Å². The fourth-order valence-corrected chi connectivity index (χ4v) is 1.92. The number of anilines is 1. The second kappa shape index (κ2) is 5.11. The van der Waals surface area contributed by atoms with Crippen LogP contribution in [-0.4, -0.2) is 24.2 Å². The van der Waals surface area contributed by atoms with Crippen LogP contribution in [0.1, 0.15) is 12.8 Å². The number of hydrogen-bond donors (Lipinski definition) is 1. The molecule has 0 amide bonds. The number of nitrogens with zero attached hydrogens (tertiary/aromatic N) is 2. The Morgan fingerprint density at radius 1 is 1.29 bits per heavy atom. The molecular weight excluding hydrogens is 222 g/mol. The molecule has 2 rings (SSSR count). The maximum Gasteiger partial charge on any atom is 0.269 e. The van der Waals surface area contributed by atoms with Gasteiger partial charge in [-0.05, 0) is 25.0 Å². The Morgan fingerprint density at radius 3 is 2.41 bits per heavy atom. The number of non-ortho nitro benzene ring substituents is 1. The summed E-state index contributed by atoms with van der Waals surface area (Å²) in [5.41, 5.74) is 0.872. The van der Waals surface area contributed by atoms with Crippen molar-refractivity contribution in [3.8, 4) is 0 Å². The summed E-state index contributed by atoms with van der Waals surface area (Å²) in [5, 5.41) is 12.2. The molecule has 1 aromatic carbocycles. The van der Waals surface area contributed by atoms with Gasteiger partial charge in [0.2, 0.25) is 0 Å². The zero-order valence-electron chi connectivity index (χ0n) is 9.41. The fourth-order valence-electron chi connectivity index (χ4n) is 1.92. The summed E-state index contributed by atoms with van der Waals surface area (Å²) in [5.74, 6) is 6.00. The molecule has 1 heterocycles. The zero-order chi connectivity index (χ0) is 12.3. The lowest BCUT2D eigenvalue weighted by Gasteiger charge is -2.32. The minimum atomic E-state index is -0.418. The fraction of sp³-hybridized carbons (Fsp3) is 0.455. The van der Waals surface area contributed by atoms with Crippen molar-refractivity contribution in [2.45, 2.75) is 18.9 Å². The van der Waals surface area contributed by atoms with Gasteiger partial charge in [0, 0.05) is 31.4 Å². The molecule has 1 saturated heterocycles. The van der Waals surface area contributed by atoms with Crippen molar-refractivity contribution in [3.63, 3.8) is 0 Å². The molecule has 6 heteroatoms. The average Bonchev–Trinajstić information content (AvgIpc) is 2.39. The summed E-state index contributed by atoms with van der Waals surface area (Å²) in [7, 11) is 0. The quantitative estimate of drug-likeness (QED) is 0.489. The Bertz CT molecular complexity index is 387. The average molecular weight is 237 g/mol. The minimum absolute atomic E-state index is 0.0779. The first-order valence-corrected chi connectivity index (χ1v) is 5.54. The van der Waals surface area contributed by atoms with Crippen LogP contribution in [0, 0.1) is 10.1 Å². The van der Waals surface area contributed by atoms with Crippen molar-refractivity contribution in [2.75, 3.05) is 18.2 Å². The Labute approximate surface area is 99.1 Å². The molecule has 0 saturated carbocycles. The van der Waals surface area contributed by atoms with Gasteiger partial charge in [-0.15, -0.1) is 0 Å². The maximum absolute atomic E-state index is 10.5. The van der Waals surface area contributed by atoms with Gasteiger partial charge in [-0.3, -0.25) is 10.1 Å². The molecule has 17 heavy (non-hydrogen) atoms. The van der Waals surface area contributed by atoms with E-state index in [0.717, 1.165) is 18.5 Å². The van der Waals surface area contributed by atoms with Gasteiger partial charge in [0.15, 0.2) is 0 Å². The number of nitro groups is 1. The van der Waals surface area contributed by atoms with Crippen molar-refractivity contribution in [3.05, 3.63) is 34.4 Å². The van der Waals surface area contributed by atoms with E-state index in [0.29, 0.717) is 13.2 Å². The largest absolute Gasteiger partial charge is 0.381 e. The molecule has 0 aliphatic carbocycles. The van der Waals surface area contributed by atoms with Gasteiger partial charge in [0.25, 0.3) is 5.69 Å². The highest BCUT2D eigenvalue weighted by Gasteiger charge is 2.19. The first-order chi connectivity index (χ1) is 8.18. The van der Waals surface area contributed by atoms with Crippen molar-refractivity contribution in [1.29, 1.82) is 0 Å². The van der Waals surface area contributed by atoms with Gasteiger partial charge >= 0.3 is 0 Å². The Kier molecular flexibility index (Phi) is 3.55. The van der Waals surface area contributed by atoms with E-state index in [2.05, 4.69) is 0 Å². The molecule has 1 fully saturated rings. The Morgan fingerprint density at radius 2 is 1.88 bits per heavy atom. The van der Waals surface area contributed by atoms with E-state index in [-0.39, 0.29) is 11.7 Å². The van der Waals surface area contributed by atoms with Crippen LogP contribution < -0.4 is 10.9 Å². The van der Waals surface area contributed by atoms with Gasteiger partial charge in [0.1, 0.15) is 0 Å². The van der Waals surface area contributed by atoms with Crippen LogP contribution in [0.5, 0.6) is 0 Å². The first kappa shape index (κ1) is 11.8. The van der Waals surface area contributed by atoms with Crippen LogP contribution in [0.15, 0.2) is 24.3 Å². The van der Waals surface area contributed by atoms with E-state index >= 15 is 0 Å². The highest BCUT2D eigenvalue weighted by Crippen LogP contribution is 2.22. The van der Waals surface area contributed by atoms with Gasteiger partial charge in [-0.2, -0.15) is 0 Å². The van der Waals surface area contributed by atoms with Gasteiger partial charge in [0.05, 0.1) is 10.6 Å². The van der Waals surface area contributed by atoms with Crippen molar-refractivity contribution >= 4 is 11.4 Å². The van der Waals surface area contributed by atoms with E-state index in [1.165, 1.54) is 12.1 Å². The molecule has 6 nitrogen and oxygen atoms in total. The van der Waals surface area contributed by atoms with E-state index in [1.54, 1.807) is 17.1 Å². The summed E-state index contributed by atoms with van der Waals surface area (Å²) >= 11 is 0. The van der Waals surface area contributed by atoms with Crippen molar-refractivity contribution < 1.29 is 9.66 Å². The highest BCUT2D eigenvalue weighted by atomic mass is 16.6. The number of ether oxygens (including phenoxy) is 1. The number of benzene rings is 1. The number of hydrazine groups is 1. The SMILES string of the molecule is NN(c1ccc([N+](=O)[O-])cc1)C1CCOCC1. The summed E-state index contributed by atoms with van der Waals surface area (Å²) in [6.45, 7) is 1.43. The molecule has 1 aliphatic rings. The summed E-state index contributed by atoms with van der Waals surface area (Å²) in [6.07, 6.45) is 1.76. The van der Waals surface area contributed by atoms with Crippen LogP contribution >= 0.6 is 0 Å². The first-order valence-electron chi connectivity index (χ1n) is 5.54. The number of rotatable bonds is 3. The smallest absolute Gasteiger partial charge is 0.269 e. The molecule has 1 aromatic rings. The van der Waals surface area contributed by atoms with E-state index in [9.17, 15) is 10.1 Å². The second-order valence-corrected chi connectivity index (χ2v) is 4.02. The number of hydrogen-bond acceptors (Lipinski definition) is 5. The van der Waals surface area contributed by atoms with E-state index in [4.69, 9.17) is 10.6 Å². The van der Waals surface area contributed by atoms with Crippen LogP contribution in [-0.2, 0) is 4.74 Å². The topological polar surface area (TPSA) is 81.6 Å². The standard InChI is InChI=1S/C11H15N3O3/c12-13(10-5-7-17-8-6-10)9-1-3-11(4-2-9)14(15)16/h1-4,10H,5-8,12H2. The molecule has 92 valence electrons. The van der Waals surface area contributed by atoms with Gasteiger partial charge in [-0.1, -0.05) is 0 Å². The molecule has 1 aliphatic heterocycles. The lowest BCUT2D eigenvalue weighted by molar-refractivity contribution is -0.384. The Hall–Kier alpha value is -1.66. The summed E-state index contributed by atoms with van der Waals surface area (Å²) in [6, 6.07) is 6.52. The molecule has 2 N–H and O–H groups in total. The van der Waals surface area contributed by atoms with E-state index < -0.39 is 4.92 Å². The monoisotopic (exact) mass is 237 g/mol. The predicted octanol–water partition coefficient (Wildman–Crippen LogP) is 1.45. The molecule has 0 aromatic heterocycles. The highest BCUT2D eigenvalue weighted by molar-refractivity contribution is 5.50. The van der Waals surface area contributed by atoms with Crippen LogP contribution in [0.4, 0.5) is 11.4 Å². The maximum atomic E-state index is 10.5. The molecular formula is C11H15N3O3. The Balaban J connectivity index is 2.07. The second-order valence-electron chi connectivity index (χ2n) is 4.02. The number of nitrogens with two attached hydrogens (primary N) is 1. The third-order valence-electron chi connectivity index (χ3n) is 2.94.